The normalized spacial score (nSPS) is 12.3. The van der Waals surface area contributed by atoms with Crippen molar-refractivity contribution < 1.29 is 19.1 Å². The number of nitrogens with one attached hydrogen (secondary N) is 1. The van der Waals surface area contributed by atoms with Crippen LogP contribution in [0.3, 0.4) is 0 Å². The number of primary amides is 1. The highest BCUT2D eigenvalue weighted by molar-refractivity contribution is 5.87. The Morgan fingerprint density at radius 2 is 2.33 bits per heavy atom. The Balaban J connectivity index is 2.51. The highest BCUT2D eigenvalue weighted by Crippen LogP contribution is 2.07. The van der Waals surface area contributed by atoms with Gasteiger partial charge in [0, 0.05) is 0 Å². The number of carbonyl (C=O) groups is 2. The van der Waals surface area contributed by atoms with E-state index in [9.17, 15) is 9.59 Å². The molecule has 0 aromatic carbocycles. The number of rotatable bonds is 5. The van der Waals surface area contributed by atoms with Gasteiger partial charge in [-0.1, -0.05) is 0 Å². The summed E-state index contributed by atoms with van der Waals surface area (Å²) >= 11 is 0. The molecule has 6 nitrogen and oxygen atoms in total. The third-order valence-corrected chi connectivity index (χ3v) is 1.91. The molecule has 0 radical (unpaired) electrons. The molecule has 15 heavy (non-hydrogen) atoms. The van der Waals surface area contributed by atoms with E-state index in [0.29, 0.717) is 5.76 Å². The molecule has 0 aliphatic carbocycles. The molecule has 4 N–H and O–H groups in total. The number of nitrogens with two attached hydrogens (primary N) is 1. The fourth-order valence-corrected chi connectivity index (χ4v) is 0.940. The van der Waals surface area contributed by atoms with Crippen LogP contribution in [-0.4, -0.2) is 23.0 Å². The highest BCUT2D eigenvalue weighted by atomic mass is 16.4. The van der Waals surface area contributed by atoms with Crippen LogP contribution in [0.15, 0.2) is 16.7 Å². The summed E-state index contributed by atoms with van der Waals surface area (Å²) in [6.07, 6.45) is 1.15. The van der Waals surface area contributed by atoms with Crippen LogP contribution in [-0.2, 0) is 11.3 Å². The van der Waals surface area contributed by atoms with Crippen molar-refractivity contribution in [1.82, 2.24) is 5.32 Å². The van der Waals surface area contributed by atoms with E-state index in [-0.39, 0.29) is 12.1 Å². The number of carboxylic acids is 1. The summed E-state index contributed by atoms with van der Waals surface area (Å²) in [7, 11) is 0. The topological polar surface area (TPSA) is 106 Å². The van der Waals surface area contributed by atoms with Crippen molar-refractivity contribution in [3.63, 3.8) is 0 Å². The Hall–Kier alpha value is -1.82. The molecule has 1 unspecified atom stereocenters. The lowest BCUT2D eigenvalue weighted by Gasteiger charge is -2.07. The van der Waals surface area contributed by atoms with Gasteiger partial charge < -0.3 is 15.3 Å². The summed E-state index contributed by atoms with van der Waals surface area (Å²) in [6.45, 7) is 1.88. The lowest BCUT2D eigenvalue weighted by Crippen LogP contribution is -2.38. The molecule has 82 valence electrons. The van der Waals surface area contributed by atoms with E-state index >= 15 is 0 Å². The monoisotopic (exact) mass is 212 g/mol. The van der Waals surface area contributed by atoms with E-state index in [4.69, 9.17) is 15.3 Å². The standard InChI is InChI=1S/C9H12N2O4/c1-5(8(10)12)11-3-7-2-6(4-15-7)9(13)14/h2,4-5,11H,3H2,1H3,(H2,10,12)(H,13,14). The quantitative estimate of drug-likeness (QED) is 0.634. The summed E-state index contributed by atoms with van der Waals surface area (Å²) in [5.41, 5.74) is 5.11. The van der Waals surface area contributed by atoms with Gasteiger partial charge in [-0.15, -0.1) is 0 Å². The largest absolute Gasteiger partial charge is 0.478 e. The van der Waals surface area contributed by atoms with Gasteiger partial charge in [-0.3, -0.25) is 10.1 Å². The third-order valence-electron chi connectivity index (χ3n) is 1.91. The Morgan fingerprint density at radius 3 is 2.80 bits per heavy atom. The highest BCUT2D eigenvalue weighted by Gasteiger charge is 2.11. The van der Waals surface area contributed by atoms with Crippen LogP contribution in [0, 0.1) is 0 Å². The number of aromatic carboxylic acids is 1. The van der Waals surface area contributed by atoms with Crippen LogP contribution in [0.5, 0.6) is 0 Å². The Kier molecular flexibility index (Phi) is 3.46. The van der Waals surface area contributed by atoms with Crippen molar-refractivity contribution in [1.29, 1.82) is 0 Å². The van der Waals surface area contributed by atoms with E-state index in [2.05, 4.69) is 5.32 Å². The van der Waals surface area contributed by atoms with Crippen molar-refractivity contribution >= 4 is 11.9 Å². The summed E-state index contributed by atoms with van der Waals surface area (Å²) < 4.78 is 4.96. The van der Waals surface area contributed by atoms with Crippen LogP contribution in [0.1, 0.15) is 23.0 Å². The van der Waals surface area contributed by atoms with Crippen molar-refractivity contribution in [3.8, 4) is 0 Å². The minimum absolute atomic E-state index is 0.0820. The van der Waals surface area contributed by atoms with E-state index in [1.54, 1.807) is 6.92 Å². The second-order valence-electron chi connectivity index (χ2n) is 3.11. The molecule has 0 bridgehead atoms. The zero-order valence-electron chi connectivity index (χ0n) is 8.19. The Bertz CT molecular complexity index is 372. The van der Waals surface area contributed by atoms with Gasteiger partial charge in [0.15, 0.2) is 0 Å². The molecular formula is C9H12N2O4. The van der Waals surface area contributed by atoms with Crippen molar-refractivity contribution in [2.75, 3.05) is 0 Å². The average Bonchev–Trinajstić information content (AvgIpc) is 2.62. The zero-order chi connectivity index (χ0) is 11.4. The molecule has 0 aliphatic heterocycles. The third kappa shape index (κ3) is 3.10. The van der Waals surface area contributed by atoms with Gasteiger partial charge in [-0.2, -0.15) is 0 Å². The molecule has 0 saturated carbocycles. The van der Waals surface area contributed by atoms with Crippen molar-refractivity contribution in [2.45, 2.75) is 19.5 Å². The Morgan fingerprint density at radius 1 is 1.67 bits per heavy atom. The molecule has 0 aliphatic rings. The summed E-state index contributed by atoms with van der Waals surface area (Å²) in [5, 5.41) is 11.4. The molecule has 1 heterocycles. The van der Waals surface area contributed by atoms with Gasteiger partial charge in [-0.25, -0.2) is 4.79 Å². The van der Waals surface area contributed by atoms with Gasteiger partial charge in [0.05, 0.1) is 18.2 Å². The summed E-state index contributed by atoms with van der Waals surface area (Å²) in [4.78, 5) is 21.2. The van der Waals surface area contributed by atoms with Crippen LogP contribution in [0.25, 0.3) is 0 Å². The molecular weight excluding hydrogens is 200 g/mol. The zero-order valence-corrected chi connectivity index (χ0v) is 8.19. The predicted molar refractivity (Wildman–Crippen MR) is 51.2 cm³/mol. The molecule has 1 amide bonds. The SMILES string of the molecule is CC(NCc1cc(C(=O)O)co1)C(N)=O. The fourth-order valence-electron chi connectivity index (χ4n) is 0.940. The number of carbonyl (C=O) groups excluding carboxylic acids is 1. The van der Waals surface area contributed by atoms with Crippen LogP contribution >= 0.6 is 0 Å². The molecule has 6 heteroatoms. The number of carboxylic acid groups (broad SMARTS) is 1. The number of hydrogen-bond donors (Lipinski definition) is 3. The first-order valence-electron chi connectivity index (χ1n) is 4.34. The van der Waals surface area contributed by atoms with Gasteiger partial charge in [0.25, 0.3) is 0 Å². The fraction of sp³-hybridized carbons (Fsp3) is 0.333. The average molecular weight is 212 g/mol. The summed E-state index contributed by atoms with van der Waals surface area (Å²) in [5.74, 6) is -1.08. The molecule has 1 rings (SSSR count). The van der Waals surface area contributed by atoms with E-state index < -0.39 is 17.9 Å². The summed E-state index contributed by atoms with van der Waals surface area (Å²) in [6, 6.07) is 0.909. The number of furan rings is 1. The first-order valence-corrected chi connectivity index (χ1v) is 4.34. The lowest BCUT2D eigenvalue weighted by molar-refractivity contribution is -0.119. The van der Waals surface area contributed by atoms with E-state index in [1.807, 2.05) is 0 Å². The maximum Gasteiger partial charge on any atom is 0.338 e. The molecule has 0 spiro atoms. The maximum atomic E-state index is 10.7. The first kappa shape index (κ1) is 11.3. The van der Waals surface area contributed by atoms with Crippen LogP contribution in [0.4, 0.5) is 0 Å². The van der Waals surface area contributed by atoms with Gasteiger partial charge in [0.2, 0.25) is 5.91 Å². The van der Waals surface area contributed by atoms with Crippen LogP contribution in [0.2, 0.25) is 0 Å². The number of hydrogen-bond acceptors (Lipinski definition) is 4. The van der Waals surface area contributed by atoms with Gasteiger partial charge >= 0.3 is 5.97 Å². The Labute approximate surface area is 86.1 Å². The second-order valence-corrected chi connectivity index (χ2v) is 3.11. The first-order chi connectivity index (χ1) is 7.00. The van der Waals surface area contributed by atoms with Gasteiger partial charge in [0.1, 0.15) is 12.0 Å². The van der Waals surface area contributed by atoms with Crippen LogP contribution < -0.4 is 11.1 Å². The van der Waals surface area contributed by atoms with Crippen molar-refractivity contribution in [2.24, 2.45) is 5.73 Å². The molecule has 0 fully saturated rings. The minimum Gasteiger partial charge on any atom is -0.478 e. The number of amides is 1. The minimum atomic E-state index is -1.05. The second kappa shape index (κ2) is 4.61. The van der Waals surface area contributed by atoms with Crippen molar-refractivity contribution in [3.05, 3.63) is 23.7 Å². The van der Waals surface area contributed by atoms with E-state index in [0.717, 1.165) is 6.26 Å². The van der Waals surface area contributed by atoms with Gasteiger partial charge in [-0.05, 0) is 13.0 Å². The molecule has 1 aromatic rings. The van der Waals surface area contributed by atoms with E-state index in [1.165, 1.54) is 6.07 Å². The lowest BCUT2D eigenvalue weighted by atomic mass is 10.3. The smallest absolute Gasteiger partial charge is 0.338 e. The maximum absolute atomic E-state index is 10.7. The molecule has 1 atom stereocenters. The molecule has 0 saturated heterocycles. The molecule has 1 aromatic heterocycles. The predicted octanol–water partition coefficient (Wildman–Crippen LogP) is -0.0588.